The van der Waals surface area contributed by atoms with Crippen LogP contribution in [0.1, 0.15) is 28.0 Å². The average molecular weight is 277 g/mol. The number of benzene rings is 1. The fourth-order valence-corrected chi connectivity index (χ4v) is 2.23. The minimum atomic E-state index is 0.360. The van der Waals surface area contributed by atoms with E-state index in [1.54, 1.807) is 29.5 Å². The quantitative estimate of drug-likeness (QED) is 0.760. The summed E-state index contributed by atoms with van der Waals surface area (Å²) in [6, 6.07) is 5.21. The molecule has 0 unspecified atom stereocenters. The van der Waals surface area contributed by atoms with E-state index in [-0.39, 0.29) is 0 Å². The monoisotopic (exact) mass is 277 g/mol. The van der Waals surface area contributed by atoms with Gasteiger partial charge in [-0.3, -0.25) is 4.79 Å². The lowest BCUT2D eigenvalue weighted by Gasteiger charge is -2.09. The van der Waals surface area contributed by atoms with Crippen LogP contribution in [0.5, 0.6) is 11.5 Å². The molecule has 100 valence electrons. The molecule has 0 saturated carbocycles. The van der Waals surface area contributed by atoms with Crippen LogP contribution in [0.4, 0.5) is 0 Å². The Kier molecular flexibility index (Phi) is 4.52. The van der Waals surface area contributed by atoms with Gasteiger partial charge in [0.25, 0.3) is 0 Å². The normalized spacial score (nSPS) is 10.2. The largest absolute Gasteiger partial charge is 0.494 e. The second-order valence-corrected chi connectivity index (χ2v) is 4.96. The highest BCUT2D eigenvalue weighted by atomic mass is 32.1. The van der Waals surface area contributed by atoms with Gasteiger partial charge in [0.2, 0.25) is 0 Å². The lowest BCUT2D eigenvalue weighted by Crippen LogP contribution is -2.00. The van der Waals surface area contributed by atoms with Gasteiger partial charge in [-0.05, 0) is 32.0 Å². The van der Waals surface area contributed by atoms with Crippen molar-refractivity contribution in [2.45, 2.75) is 20.5 Å². The summed E-state index contributed by atoms with van der Waals surface area (Å²) in [5.74, 6) is 1.21. The smallest absolute Gasteiger partial charge is 0.153 e. The molecule has 0 spiro atoms. The minimum absolute atomic E-state index is 0.360. The maximum absolute atomic E-state index is 11.1. The Hall–Kier alpha value is -1.88. The van der Waals surface area contributed by atoms with Crippen LogP contribution in [0.3, 0.4) is 0 Å². The standard InChI is InChI=1S/C14H15NO3S/c1-3-17-13-4-5-14(11(6-13)7-16)18-8-12-9-19-10(2)15-12/h4-7,9H,3,8H2,1-2H3. The van der Waals surface area contributed by atoms with Crippen LogP contribution < -0.4 is 9.47 Å². The second-order valence-electron chi connectivity index (χ2n) is 3.90. The molecule has 0 aliphatic rings. The maximum atomic E-state index is 11.1. The summed E-state index contributed by atoms with van der Waals surface area (Å²) in [6.45, 7) is 4.77. The number of carbonyl (C=O) groups is 1. The fraction of sp³-hybridized carbons (Fsp3) is 0.286. The van der Waals surface area contributed by atoms with E-state index in [1.165, 1.54) is 0 Å². The first-order valence-corrected chi connectivity index (χ1v) is 6.86. The Labute approximate surface area is 116 Å². The Balaban J connectivity index is 2.09. The van der Waals surface area contributed by atoms with Gasteiger partial charge < -0.3 is 9.47 Å². The summed E-state index contributed by atoms with van der Waals surface area (Å²) in [5.41, 5.74) is 1.35. The van der Waals surface area contributed by atoms with Gasteiger partial charge in [0, 0.05) is 5.38 Å². The van der Waals surface area contributed by atoms with E-state index in [1.807, 2.05) is 19.2 Å². The average Bonchev–Trinajstić information content (AvgIpc) is 2.83. The van der Waals surface area contributed by atoms with E-state index < -0.39 is 0 Å². The van der Waals surface area contributed by atoms with Crippen LogP contribution in [-0.4, -0.2) is 17.9 Å². The maximum Gasteiger partial charge on any atom is 0.153 e. The highest BCUT2D eigenvalue weighted by Gasteiger charge is 2.06. The van der Waals surface area contributed by atoms with Crippen molar-refractivity contribution in [2.75, 3.05) is 6.61 Å². The third-order valence-electron chi connectivity index (χ3n) is 2.46. The van der Waals surface area contributed by atoms with E-state index >= 15 is 0 Å². The number of aryl methyl sites for hydroxylation is 1. The minimum Gasteiger partial charge on any atom is -0.494 e. The van der Waals surface area contributed by atoms with Crippen molar-refractivity contribution in [3.05, 3.63) is 39.8 Å². The molecule has 1 aromatic carbocycles. The van der Waals surface area contributed by atoms with Gasteiger partial charge in [0.05, 0.1) is 22.9 Å². The van der Waals surface area contributed by atoms with Gasteiger partial charge in [-0.1, -0.05) is 0 Å². The number of aldehydes is 1. The Bertz CT molecular complexity index is 566. The van der Waals surface area contributed by atoms with E-state index in [2.05, 4.69) is 4.98 Å². The number of nitrogens with zero attached hydrogens (tertiary/aromatic N) is 1. The zero-order valence-electron chi connectivity index (χ0n) is 10.9. The van der Waals surface area contributed by atoms with Crippen molar-refractivity contribution in [3.63, 3.8) is 0 Å². The topological polar surface area (TPSA) is 48.4 Å². The molecule has 0 fully saturated rings. The highest BCUT2D eigenvalue weighted by molar-refractivity contribution is 7.09. The zero-order chi connectivity index (χ0) is 13.7. The predicted molar refractivity (Wildman–Crippen MR) is 74.2 cm³/mol. The molecule has 0 aliphatic heterocycles. The first-order valence-electron chi connectivity index (χ1n) is 5.98. The van der Waals surface area contributed by atoms with E-state index in [0.29, 0.717) is 30.3 Å². The van der Waals surface area contributed by atoms with Crippen molar-refractivity contribution in [1.82, 2.24) is 4.98 Å². The summed E-state index contributed by atoms with van der Waals surface area (Å²) in [4.78, 5) is 15.4. The number of ether oxygens (including phenoxy) is 2. The molecule has 1 heterocycles. The van der Waals surface area contributed by atoms with Crippen LogP contribution in [0.25, 0.3) is 0 Å². The Morgan fingerprint density at radius 3 is 2.84 bits per heavy atom. The van der Waals surface area contributed by atoms with Gasteiger partial charge >= 0.3 is 0 Å². The summed E-state index contributed by atoms with van der Waals surface area (Å²) < 4.78 is 11.0. The van der Waals surface area contributed by atoms with Gasteiger partial charge in [-0.2, -0.15) is 0 Å². The highest BCUT2D eigenvalue weighted by Crippen LogP contribution is 2.24. The molecule has 5 heteroatoms. The van der Waals surface area contributed by atoms with E-state index in [9.17, 15) is 4.79 Å². The van der Waals surface area contributed by atoms with Gasteiger partial charge in [0.1, 0.15) is 18.1 Å². The summed E-state index contributed by atoms with van der Waals surface area (Å²) in [7, 11) is 0. The van der Waals surface area contributed by atoms with Crippen molar-refractivity contribution in [2.24, 2.45) is 0 Å². The van der Waals surface area contributed by atoms with Crippen molar-refractivity contribution in [3.8, 4) is 11.5 Å². The third kappa shape index (κ3) is 3.54. The molecule has 0 atom stereocenters. The molecule has 0 bridgehead atoms. The molecule has 19 heavy (non-hydrogen) atoms. The zero-order valence-corrected chi connectivity index (χ0v) is 11.7. The molecular weight excluding hydrogens is 262 g/mol. The molecule has 0 N–H and O–H groups in total. The fourth-order valence-electron chi connectivity index (χ4n) is 1.63. The number of hydrogen-bond donors (Lipinski definition) is 0. The summed E-state index contributed by atoms with van der Waals surface area (Å²) >= 11 is 1.58. The number of carbonyl (C=O) groups excluding carboxylic acids is 1. The van der Waals surface area contributed by atoms with Crippen molar-refractivity contribution in [1.29, 1.82) is 0 Å². The molecule has 1 aromatic heterocycles. The summed E-state index contributed by atoms with van der Waals surface area (Å²) in [6.07, 6.45) is 0.768. The number of thiazole rings is 1. The van der Waals surface area contributed by atoms with Crippen LogP contribution >= 0.6 is 11.3 Å². The first kappa shape index (κ1) is 13.5. The number of hydrogen-bond acceptors (Lipinski definition) is 5. The van der Waals surface area contributed by atoms with E-state index in [4.69, 9.17) is 9.47 Å². The number of rotatable bonds is 6. The molecule has 2 aromatic rings. The first-order chi connectivity index (χ1) is 9.22. The predicted octanol–water partition coefficient (Wildman–Crippen LogP) is 3.24. The number of aromatic nitrogens is 1. The van der Waals surface area contributed by atoms with E-state index in [0.717, 1.165) is 17.0 Å². The van der Waals surface area contributed by atoms with Crippen molar-refractivity contribution < 1.29 is 14.3 Å². The van der Waals surface area contributed by atoms with Crippen LogP contribution in [0, 0.1) is 6.92 Å². The molecular formula is C14H15NO3S. The second kappa shape index (κ2) is 6.33. The van der Waals surface area contributed by atoms with Gasteiger partial charge in [0.15, 0.2) is 6.29 Å². The van der Waals surface area contributed by atoms with Crippen LogP contribution in [-0.2, 0) is 6.61 Å². The Morgan fingerprint density at radius 2 is 2.21 bits per heavy atom. The lowest BCUT2D eigenvalue weighted by atomic mass is 10.2. The molecule has 0 aliphatic carbocycles. The van der Waals surface area contributed by atoms with Crippen LogP contribution in [0.2, 0.25) is 0 Å². The SMILES string of the molecule is CCOc1ccc(OCc2csc(C)n2)c(C=O)c1. The molecule has 4 nitrogen and oxygen atoms in total. The molecule has 0 amide bonds. The van der Waals surface area contributed by atoms with Crippen LogP contribution in [0.15, 0.2) is 23.6 Å². The van der Waals surface area contributed by atoms with Gasteiger partial charge in [-0.25, -0.2) is 4.98 Å². The van der Waals surface area contributed by atoms with Gasteiger partial charge in [-0.15, -0.1) is 11.3 Å². The Morgan fingerprint density at radius 1 is 1.37 bits per heavy atom. The summed E-state index contributed by atoms with van der Waals surface area (Å²) in [5, 5.41) is 2.95. The van der Waals surface area contributed by atoms with Crippen molar-refractivity contribution >= 4 is 17.6 Å². The molecule has 0 radical (unpaired) electrons. The third-order valence-corrected chi connectivity index (χ3v) is 3.28. The molecule has 2 rings (SSSR count). The lowest BCUT2D eigenvalue weighted by molar-refractivity contribution is 0.111. The molecule has 0 saturated heterocycles.